The molecule has 1 N–H and O–H groups in total. The molecule has 0 saturated heterocycles. The van der Waals surface area contributed by atoms with Crippen molar-refractivity contribution in [2.75, 3.05) is 6.61 Å². The fraction of sp³-hybridized carbons (Fsp3) is 0.474. The number of aromatic nitrogens is 2. The number of nitrogens with zero attached hydrogens (tertiary/aromatic N) is 2. The molecule has 0 spiro atoms. The van der Waals surface area contributed by atoms with Gasteiger partial charge in [0.05, 0.1) is 23.9 Å². The topological polar surface area (TPSA) is 56.1 Å². The van der Waals surface area contributed by atoms with Gasteiger partial charge in [0.25, 0.3) is 5.91 Å². The van der Waals surface area contributed by atoms with Crippen molar-refractivity contribution in [2.45, 2.75) is 47.2 Å². The van der Waals surface area contributed by atoms with Gasteiger partial charge in [0, 0.05) is 6.54 Å². The minimum absolute atomic E-state index is 0.146. The fourth-order valence-corrected chi connectivity index (χ4v) is 2.98. The Labute approximate surface area is 154 Å². The summed E-state index contributed by atoms with van der Waals surface area (Å²) in [5.41, 5.74) is 2.09. The fourth-order valence-electron chi connectivity index (χ4n) is 2.65. The predicted octanol–water partition coefficient (Wildman–Crippen LogP) is 4.39. The third kappa shape index (κ3) is 4.75. The van der Waals surface area contributed by atoms with Crippen LogP contribution in [0.5, 0.6) is 5.75 Å². The molecule has 0 fully saturated rings. The molecule has 0 bridgehead atoms. The molecule has 1 heterocycles. The second-order valence-electron chi connectivity index (χ2n) is 6.52. The van der Waals surface area contributed by atoms with Crippen LogP contribution < -0.4 is 10.1 Å². The Morgan fingerprint density at radius 3 is 2.48 bits per heavy atom. The third-order valence-corrected chi connectivity index (χ3v) is 4.25. The van der Waals surface area contributed by atoms with Crippen LogP contribution in [0.25, 0.3) is 0 Å². The molecule has 1 unspecified atom stereocenters. The van der Waals surface area contributed by atoms with E-state index in [-0.39, 0.29) is 11.9 Å². The molecule has 0 aliphatic rings. The number of carbonyl (C=O) groups is 1. The highest BCUT2D eigenvalue weighted by Crippen LogP contribution is 2.23. The van der Waals surface area contributed by atoms with Gasteiger partial charge >= 0.3 is 0 Å². The molecule has 1 atom stereocenters. The molecule has 136 valence electrons. The molecule has 0 aliphatic heterocycles. The van der Waals surface area contributed by atoms with Gasteiger partial charge < -0.3 is 10.1 Å². The van der Waals surface area contributed by atoms with Crippen LogP contribution in [0.3, 0.4) is 0 Å². The van der Waals surface area contributed by atoms with Crippen molar-refractivity contribution in [3.05, 3.63) is 46.2 Å². The van der Waals surface area contributed by atoms with Gasteiger partial charge in [-0.2, -0.15) is 5.10 Å². The summed E-state index contributed by atoms with van der Waals surface area (Å²) >= 11 is 6.38. The minimum atomic E-state index is -0.209. The van der Waals surface area contributed by atoms with Gasteiger partial charge in [0.15, 0.2) is 0 Å². The lowest BCUT2D eigenvalue weighted by molar-refractivity contribution is 0.0939. The van der Waals surface area contributed by atoms with Gasteiger partial charge in [-0.05, 0) is 44.4 Å². The molecule has 0 aliphatic carbocycles. The lowest BCUT2D eigenvalue weighted by Crippen LogP contribution is -2.27. The number of nitrogens with one attached hydrogen (secondary N) is 1. The maximum atomic E-state index is 12.7. The Kier molecular flexibility index (Phi) is 6.48. The first kappa shape index (κ1) is 19.3. The number of benzene rings is 1. The van der Waals surface area contributed by atoms with E-state index in [1.165, 1.54) is 0 Å². The molecule has 25 heavy (non-hydrogen) atoms. The normalized spacial score (nSPS) is 12.3. The molecule has 6 heteroatoms. The maximum Gasteiger partial charge on any atom is 0.256 e. The van der Waals surface area contributed by atoms with E-state index in [4.69, 9.17) is 16.3 Å². The number of halogens is 1. The number of aryl methyl sites for hydroxylation is 1. The van der Waals surface area contributed by atoms with E-state index in [1.807, 2.05) is 38.1 Å². The summed E-state index contributed by atoms with van der Waals surface area (Å²) in [6.07, 6.45) is 0. The van der Waals surface area contributed by atoms with Crippen molar-refractivity contribution >= 4 is 17.5 Å². The van der Waals surface area contributed by atoms with Crippen molar-refractivity contribution in [1.29, 1.82) is 0 Å². The summed E-state index contributed by atoms with van der Waals surface area (Å²) in [6, 6.07) is 7.56. The van der Waals surface area contributed by atoms with E-state index in [1.54, 1.807) is 11.6 Å². The van der Waals surface area contributed by atoms with E-state index in [0.717, 1.165) is 11.3 Å². The molecule has 1 aromatic carbocycles. The molecule has 0 saturated carbocycles. The average Bonchev–Trinajstić information content (AvgIpc) is 2.81. The Balaban J connectivity index is 2.12. The van der Waals surface area contributed by atoms with Crippen LogP contribution in [0, 0.1) is 12.8 Å². The Hall–Kier alpha value is -2.01. The molecule has 1 amide bonds. The first-order valence-corrected chi connectivity index (χ1v) is 8.97. The van der Waals surface area contributed by atoms with Crippen LogP contribution in [0.4, 0.5) is 0 Å². The maximum absolute atomic E-state index is 12.7. The molecule has 5 nitrogen and oxygen atoms in total. The van der Waals surface area contributed by atoms with E-state index < -0.39 is 0 Å². The van der Waals surface area contributed by atoms with Gasteiger partial charge in [0.2, 0.25) is 0 Å². The van der Waals surface area contributed by atoms with Crippen molar-refractivity contribution in [1.82, 2.24) is 15.1 Å². The number of hydrogen-bond donors (Lipinski definition) is 1. The highest BCUT2D eigenvalue weighted by Gasteiger charge is 2.22. The number of ether oxygens (including phenoxy) is 1. The molecular formula is C19H26ClN3O2. The lowest BCUT2D eigenvalue weighted by Gasteiger charge is -2.15. The average molecular weight is 364 g/mol. The van der Waals surface area contributed by atoms with Crippen LogP contribution in [0.2, 0.25) is 5.15 Å². The number of amides is 1. The molecule has 0 radical (unpaired) electrons. The van der Waals surface area contributed by atoms with E-state index in [0.29, 0.717) is 35.5 Å². The third-order valence-electron chi connectivity index (χ3n) is 3.87. The Morgan fingerprint density at radius 1 is 1.28 bits per heavy atom. The van der Waals surface area contributed by atoms with Crippen LogP contribution in [0.1, 0.15) is 55.4 Å². The SMILES string of the molecule is CCOc1ccc(C(C)NC(=O)c2c(C)nn(CC(C)C)c2Cl)cc1. The van der Waals surface area contributed by atoms with Gasteiger partial charge in [-0.15, -0.1) is 0 Å². The molecular weight excluding hydrogens is 338 g/mol. The molecule has 2 aromatic rings. The Morgan fingerprint density at radius 2 is 1.92 bits per heavy atom. The monoisotopic (exact) mass is 363 g/mol. The van der Waals surface area contributed by atoms with Crippen LogP contribution in [-0.4, -0.2) is 22.3 Å². The number of hydrogen-bond acceptors (Lipinski definition) is 3. The zero-order valence-electron chi connectivity index (χ0n) is 15.5. The Bertz CT molecular complexity index is 723. The summed E-state index contributed by atoms with van der Waals surface area (Å²) in [5, 5.41) is 7.78. The quantitative estimate of drug-likeness (QED) is 0.793. The summed E-state index contributed by atoms with van der Waals surface area (Å²) in [6.45, 7) is 11.2. The van der Waals surface area contributed by atoms with Crippen molar-refractivity contribution in [3.63, 3.8) is 0 Å². The first-order chi connectivity index (χ1) is 11.8. The zero-order chi connectivity index (χ0) is 18.6. The van der Waals surface area contributed by atoms with E-state index >= 15 is 0 Å². The lowest BCUT2D eigenvalue weighted by atomic mass is 10.1. The van der Waals surface area contributed by atoms with Crippen LogP contribution in [0.15, 0.2) is 24.3 Å². The van der Waals surface area contributed by atoms with E-state index in [2.05, 4.69) is 24.3 Å². The highest BCUT2D eigenvalue weighted by molar-refractivity contribution is 6.33. The van der Waals surface area contributed by atoms with Crippen molar-refractivity contribution < 1.29 is 9.53 Å². The summed E-state index contributed by atoms with van der Waals surface area (Å²) in [5.74, 6) is 1.01. The van der Waals surface area contributed by atoms with Gasteiger partial charge in [-0.25, -0.2) is 0 Å². The van der Waals surface area contributed by atoms with Crippen molar-refractivity contribution in [2.24, 2.45) is 5.92 Å². The smallest absolute Gasteiger partial charge is 0.256 e. The summed E-state index contributed by atoms with van der Waals surface area (Å²) in [4.78, 5) is 12.7. The largest absolute Gasteiger partial charge is 0.494 e. The first-order valence-electron chi connectivity index (χ1n) is 8.60. The van der Waals surface area contributed by atoms with Crippen LogP contribution in [-0.2, 0) is 6.54 Å². The standard InChI is InChI=1S/C19H26ClN3O2/c1-6-25-16-9-7-15(8-10-16)13(4)21-19(24)17-14(5)22-23(18(17)20)11-12(2)3/h7-10,12-13H,6,11H2,1-5H3,(H,21,24). The van der Waals surface area contributed by atoms with Gasteiger partial charge in [-0.1, -0.05) is 37.6 Å². The number of rotatable bonds is 7. The highest BCUT2D eigenvalue weighted by atomic mass is 35.5. The summed E-state index contributed by atoms with van der Waals surface area (Å²) in [7, 11) is 0. The number of carbonyl (C=O) groups excluding carboxylic acids is 1. The minimum Gasteiger partial charge on any atom is -0.494 e. The molecule has 1 aromatic heterocycles. The van der Waals surface area contributed by atoms with Gasteiger partial charge in [-0.3, -0.25) is 9.48 Å². The summed E-state index contributed by atoms with van der Waals surface area (Å²) < 4.78 is 7.13. The van der Waals surface area contributed by atoms with Crippen molar-refractivity contribution in [3.8, 4) is 5.75 Å². The molecule has 2 rings (SSSR count). The predicted molar refractivity (Wildman–Crippen MR) is 100 cm³/mol. The second-order valence-corrected chi connectivity index (χ2v) is 6.88. The zero-order valence-corrected chi connectivity index (χ0v) is 16.2. The second kappa shape index (κ2) is 8.39. The van der Waals surface area contributed by atoms with Crippen LogP contribution >= 0.6 is 11.6 Å². The van der Waals surface area contributed by atoms with Gasteiger partial charge in [0.1, 0.15) is 10.9 Å². The van der Waals surface area contributed by atoms with E-state index in [9.17, 15) is 4.79 Å².